The van der Waals surface area contributed by atoms with E-state index in [1.54, 1.807) is 18.4 Å². The standard InChI is InChI=1S/C12H8FN3OS/c1-7-5-17-12(16-7)18-11-8-3-2-4-9(13)10(8)14-6-15-11/h2-6H,1H3. The summed E-state index contributed by atoms with van der Waals surface area (Å²) in [6.07, 6.45) is 2.90. The van der Waals surface area contributed by atoms with Crippen molar-refractivity contribution >= 4 is 22.7 Å². The van der Waals surface area contributed by atoms with Gasteiger partial charge in [-0.2, -0.15) is 0 Å². The van der Waals surface area contributed by atoms with E-state index in [-0.39, 0.29) is 5.82 Å². The fourth-order valence-corrected chi connectivity index (χ4v) is 2.40. The highest BCUT2D eigenvalue weighted by Gasteiger charge is 2.11. The summed E-state index contributed by atoms with van der Waals surface area (Å²) in [7, 11) is 0. The Morgan fingerprint density at radius 3 is 2.94 bits per heavy atom. The zero-order chi connectivity index (χ0) is 12.5. The van der Waals surface area contributed by atoms with E-state index in [0.717, 1.165) is 5.69 Å². The maximum atomic E-state index is 13.6. The van der Waals surface area contributed by atoms with Crippen LogP contribution in [-0.2, 0) is 0 Å². The Kier molecular flexibility index (Phi) is 2.71. The first-order valence-electron chi connectivity index (χ1n) is 5.23. The number of aryl methyl sites for hydroxylation is 1. The maximum absolute atomic E-state index is 13.6. The van der Waals surface area contributed by atoms with E-state index in [4.69, 9.17) is 4.42 Å². The summed E-state index contributed by atoms with van der Waals surface area (Å²) in [4.78, 5) is 12.3. The molecule has 2 aromatic heterocycles. The van der Waals surface area contributed by atoms with Gasteiger partial charge in [-0.3, -0.25) is 0 Å². The molecule has 0 spiro atoms. The number of para-hydroxylation sites is 1. The average Bonchev–Trinajstić information content (AvgIpc) is 2.76. The molecule has 0 aliphatic rings. The summed E-state index contributed by atoms with van der Waals surface area (Å²) >= 11 is 1.25. The van der Waals surface area contributed by atoms with Gasteiger partial charge in [0.2, 0.25) is 0 Å². The SMILES string of the molecule is Cc1coc(Sc2ncnc3c(F)cccc23)n1. The molecule has 4 nitrogen and oxygen atoms in total. The molecule has 0 aliphatic carbocycles. The van der Waals surface area contributed by atoms with Crippen molar-refractivity contribution < 1.29 is 8.81 Å². The Morgan fingerprint density at radius 2 is 2.17 bits per heavy atom. The van der Waals surface area contributed by atoms with E-state index in [2.05, 4.69) is 15.0 Å². The van der Waals surface area contributed by atoms with Gasteiger partial charge in [0.15, 0.2) is 0 Å². The lowest BCUT2D eigenvalue weighted by Crippen LogP contribution is -1.89. The van der Waals surface area contributed by atoms with Gasteiger partial charge in [-0.15, -0.1) is 0 Å². The molecule has 0 saturated carbocycles. The van der Waals surface area contributed by atoms with Crippen molar-refractivity contribution in [2.24, 2.45) is 0 Å². The lowest BCUT2D eigenvalue weighted by molar-refractivity contribution is 0.454. The minimum absolute atomic E-state index is 0.304. The summed E-state index contributed by atoms with van der Waals surface area (Å²) in [6, 6.07) is 4.78. The van der Waals surface area contributed by atoms with E-state index >= 15 is 0 Å². The highest BCUT2D eigenvalue weighted by Crippen LogP contribution is 2.30. The first kappa shape index (κ1) is 11.2. The van der Waals surface area contributed by atoms with Crippen LogP contribution in [-0.4, -0.2) is 15.0 Å². The molecule has 0 atom stereocenters. The zero-order valence-electron chi connectivity index (χ0n) is 9.42. The summed E-state index contributed by atoms with van der Waals surface area (Å²) in [5, 5.41) is 1.76. The normalized spacial score (nSPS) is 11.0. The van der Waals surface area contributed by atoms with Crippen LogP contribution in [0.4, 0.5) is 4.39 Å². The number of hydrogen-bond acceptors (Lipinski definition) is 5. The van der Waals surface area contributed by atoms with Crippen molar-refractivity contribution in [1.29, 1.82) is 0 Å². The highest BCUT2D eigenvalue weighted by atomic mass is 32.2. The largest absolute Gasteiger partial charge is 0.439 e. The van der Waals surface area contributed by atoms with E-state index in [9.17, 15) is 4.39 Å². The van der Waals surface area contributed by atoms with Crippen LogP contribution in [0.1, 0.15) is 5.69 Å². The van der Waals surface area contributed by atoms with Crippen LogP contribution in [0.25, 0.3) is 10.9 Å². The molecular formula is C12H8FN3OS. The number of nitrogens with zero attached hydrogens (tertiary/aromatic N) is 3. The summed E-state index contributed by atoms with van der Waals surface area (Å²) in [6.45, 7) is 1.84. The van der Waals surface area contributed by atoms with Crippen LogP contribution in [0.5, 0.6) is 0 Å². The van der Waals surface area contributed by atoms with Gasteiger partial charge in [-0.1, -0.05) is 6.07 Å². The molecule has 90 valence electrons. The van der Waals surface area contributed by atoms with Gasteiger partial charge in [0, 0.05) is 5.39 Å². The summed E-state index contributed by atoms with van der Waals surface area (Å²) in [5.74, 6) is -0.361. The number of oxazole rings is 1. The molecule has 0 saturated heterocycles. The van der Waals surface area contributed by atoms with Crippen molar-refractivity contribution in [3.05, 3.63) is 42.3 Å². The second kappa shape index (κ2) is 4.38. The predicted molar refractivity (Wildman–Crippen MR) is 64.9 cm³/mol. The van der Waals surface area contributed by atoms with Crippen molar-refractivity contribution in [1.82, 2.24) is 15.0 Å². The Balaban J connectivity index is 2.09. The molecule has 0 aliphatic heterocycles. The first-order valence-corrected chi connectivity index (χ1v) is 6.05. The highest BCUT2D eigenvalue weighted by molar-refractivity contribution is 7.99. The number of halogens is 1. The minimum Gasteiger partial charge on any atom is -0.439 e. The third-order valence-corrected chi connectivity index (χ3v) is 3.24. The number of fused-ring (bicyclic) bond motifs is 1. The van der Waals surface area contributed by atoms with Gasteiger partial charge in [0.05, 0.1) is 5.69 Å². The second-order valence-corrected chi connectivity index (χ2v) is 4.61. The summed E-state index contributed by atoms with van der Waals surface area (Å²) < 4.78 is 18.8. The van der Waals surface area contributed by atoms with Crippen LogP contribution < -0.4 is 0 Å². The van der Waals surface area contributed by atoms with Crippen LogP contribution in [0.2, 0.25) is 0 Å². The molecule has 1 aromatic carbocycles. The van der Waals surface area contributed by atoms with Gasteiger partial charge in [0.1, 0.15) is 29.0 Å². The first-order chi connectivity index (χ1) is 8.74. The lowest BCUT2D eigenvalue weighted by atomic mass is 10.2. The summed E-state index contributed by atoms with van der Waals surface area (Å²) in [5.41, 5.74) is 1.10. The fraction of sp³-hybridized carbons (Fsp3) is 0.0833. The van der Waals surface area contributed by atoms with Gasteiger partial charge >= 0.3 is 0 Å². The van der Waals surface area contributed by atoms with E-state index in [1.165, 1.54) is 24.2 Å². The lowest BCUT2D eigenvalue weighted by Gasteiger charge is -2.02. The van der Waals surface area contributed by atoms with Gasteiger partial charge in [0.25, 0.3) is 5.22 Å². The topological polar surface area (TPSA) is 51.8 Å². The van der Waals surface area contributed by atoms with Crippen molar-refractivity contribution in [3.8, 4) is 0 Å². The van der Waals surface area contributed by atoms with Gasteiger partial charge in [-0.25, -0.2) is 19.3 Å². The minimum atomic E-state index is -0.361. The smallest absolute Gasteiger partial charge is 0.262 e. The van der Waals surface area contributed by atoms with Crippen molar-refractivity contribution in [3.63, 3.8) is 0 Å². The maximum Gasteiger partial charge on any atom is 0.262 e. The molecule has 3 aromatic rings. The number of rotatable bonds is 2. The van der Waals surface area contributed by atoms with Gasteiger partial charge in [-0.05, 0) is 30.8 Å². The second-order valence-electron chi connectivity index (χ2n) is 3.67. The average molecular weight is 261 g/mol. The van der Waals surface area contributed by atoms with Crippen molar-refractivity contribution in [2.75, 3.05) is 0 Å². The van der Waals surface area contributed by atoms with Crippen molar-refractivity contribution in [2.45, 2.75) is 17.2 Å². The van der Waals surface area contributed by atoms with E-state index in [1.807, 2.05) is 6.92 Å². The number of benzene rings is 1. The monoisotopic (exact) mass is 261 g/mol. The molecular weight excluding hydrogens is 253 g/mol. The third-order valence-electron chi connectivity index (χ3n) is 2.36. The molecule has 0 unspecified atom stereocenters. The Bertz CT molecular complexity index is 713. The van der Waals surface area contributed by atoms with Crippen LogP contribution in [0, 0.1) is 12.7 Å². The Morgan fingerprint density at radius 1 is 1.28 bits per heavy atom. The quantitative estimate of drug-likeness (QED) is 0.663. The third kappa shape index (κ3) is 1.95. The molecule has 0 N–H and O–H groups in total. The fourth-order valence-electron chi connectivity index (χ4n) is 1.57. The molecule has 0 radical (unpaired) electrons. The number of aromatic nitrogens is 3. The molecule has 0 bridgehead atoms. The predicted octanol–water partition coefficient (Wildman–Crippen LogP) is 3.22. The molecule has 6 heteroatoms. The van der Waals surface area contributed by atoms with Crippen LogP contribution in [0.15, 0.2) is 45.5 Å². The van der Waals surface area contributed by atoms with E-state index < -0.39 is 0 Å². The molecule has 3 rings (SSSR count). The molecule has 0 fully saturated rings. The number of hydrogen-bond donors (Lipinski definition) is 0. The molecule has 18 heavy (non-hydrogen) atoms. The van der Waals surface area contributed by atoms with Gasteiger partial charge < -0.3 is 4.42 Å². The van der Waals surface area contributed by atoms with E-state index in [0.29, 0.717) is 21.2 Å². The van der Waals surface area contributed by atoms with Crippen LogP contribution in [0.3, 0.4) is 0 Å². The molecule has 0 amide bonds. The van der Waals surface area contributed by atoms with Crippen LogP contribution >= 0.6 is 11.8 Å². The Hall–Kier alpha value is -1.95. The molecule has 2 heterocycles. The Labute approximate surface area is 106 Å². The zero-order valence-corrected chi connectivity index (χ0v) is 10.2.